The molecule has 0 saturated heterocycles. The maximum atomic E-state index is 12.1. The van der Waals surface area contributed by atoms with Gasteiger partial charge in [0.25, 0.3) is 5.78 Å². The Labute approximate surface area is 99.9 Å². The van der Waals surface area contributed by atoms with Crippen LogP contribution in [0.15, 0.2) is 22.7 Å². The molecule has 0 amide bonds. The van der Waals surface area contributed by atoms with Crippen LogP contribution in [-0.4, -0.2) is 12.0 Å². The first-order valence-electron chi connectivity index (χ1n) is 3.39. The van der Waals surface area contributed by atoms with Crippen molar-refractivity contribution in [3.05, 3.63) is 31.8 Å². The van der Waals surface area contributed by atoms with Crippen molar-refractivity contribution in [2.24, 2.45) is 0 Å². The van der Waals surface area contributed by atoms with E-state index < -0.39 is 12.0 Å². The molecule has 1 rings (SSSR count). The van der Waals surface area contributed by atoms with Crippen molar-refractivity contribution >= 4 is 44.3 Å². The number of ketones is 1. The lowest BCUT2D eigenvalue weighted by Gasteiger charge is -2.07. The Balaban J connectivity index is 3.19. The van der Waals surface area contributed by atoms with E-state index in [1.54, 1.807) is 6.07 Å². The highest BCUT2D eigenvalue weighted by Crippen LogP contribution is 2.27. The topological polar surface area (TPSA) is 17.1 Å². The number of alkyl halides is 3. The van der Waals surface area contributed by atoms with Gasteiger partial charge in [0.1, 0.15) is 0 Å². The molecule has 0 N–H and O–H groups in total. The van der Waals surface area contributed by atoms with Crippen molar-refractivity contribution in [1.29, 1.82) is 0 Å². The minimum Gasteiger partial charge on any atom is -0.284 e. The fourth-order valence-electron chi connectivity index (χ4n) is 0.824. The Morgan fingerprint density at radius 3 is 2.43 bits per heavy atom. The van der Waals surface area contributed by atoms with E-state index >= 15 is 0 Å². The van der Waals surface area contributed by atoms with Crippen molar-refractivity contribution in [1.82, 2.24) is 0 Å². The number of hydrogen-bond acceptors (Lipinski definition) is 1. The van der Waals surface area contributed by atoms with Crippen molar-refractivity contribution in [2.45, 2.75) is 6.18 Å². The number of carbonyl (C=O) groups excluding carboxylic acids is 1. The van der Waals surface area contributed by atoms with Gasteiger partial charge in [-0.05, 0) is 40.8 Å². The van der Waals surface area contributed by atoms with Crippen LogP contribution in [0.1, 0.15) is 10.4 Å². The van der Waals surface area contributed by atoms with E-state index in [2.05, 4.69) is 15.9 Å². The first-order chi connectivity index (χ1) is 6.32. The van der Waals surface area contributed by atoms with Gasteiger partial charge < -0.3 is 0 Å². The second-order valence-corrected chi connectivity index (χ2v) is 4.55. The molecule has 6 heteroatoms. The van der Waals surface area contributed by atoms with E-state index in [0.717, 1.165) is 0 Å². The number of benzene rings is 1. The second kappa shape index (κ2) is 4.18. The number of halogens is 5. The molecular formula is C8H3BrF3IO. The van der Waals surface area contributed by atoms with Crippen molar-refractivity contribution < 1.29 is 18.0 Å². The Kier molecular flexibility index (Phi) is 3.57. The number of Topliss-reactive ketones (excluding diaryl/α,β-unsaturated/α-hetero) is 1. The van der Waals surface area contributed by atoms with Crippen molar-refractivity contribution in [3.63, 3.8) is 0 Å². The van der Waals surface area contributed by atoms with E-state index in [1.807, 2.05) is 22.6 Å². The molecule has 0 radical (unpaired) electrons. The number of carbonyl (C=O) groups is 1. The summed E-state index contributed by atoms with van der Waals surface area (Å²) in [7, 11) is 0. The van der Waals surface area contributed by atoms with E-state index in [1.165, 1.54) is 12.1 Å². The zero-order valence-corrected chi connectivity index (χ0v) is 10.3. The molecule has 0 aliphatic rings. The molecule has 0 saturated carbocycles. The van der Waals surface area contributed by atoms with Crippen LogP contribution in [0, 0.1) is 3.57 Å². The Bertz CT molecular complexity index is 375. The Hall–Kier alpha value is -0.110. The average molecular weight is 379 g/mol. The lowest BCUT2D eigenvalue weighted by atomic mass is 10.1. The normalized spacial score (nSPS) is 11.5. The molecule has 0 fully saturated rings. The quantitative estimate of drug-likeness (QED) is 0.536. The molecular weight excluding hydrogens is 376 g/mol. The summed E-state index contributed by atoms with van der Waals surface area (Å²) in [6, 6.07) is 4.22. The number of rotatable bonds is 1. The minimum absolute atomic E-state index is 0.153. The summed E-state index contributed by atoms with van der Waals surface area (Å²) in [4.78, 5) is 10.9. The highest BCUT2D eigenvalue weighted by atomic mass is 127. The van der Waals surface area contributed by atoms with Crippen LogP contribution in [-0.2, 0) is 0 Å². The minimum atomic E-state index is -4.83. The van der Waals surface area contributed by atoms with Gasteiger partial charge in [-0.2, -0.15) is 13.2 Å². The zero-order valence-electron chi connectivity index (χ0n) is 6.53. The summed E-state index contributed by atoms with van der Waals surface area (Å²) in [5.41, 5.74) is -0.357. The SMILES string of the molecule is O=C(c1cc(I)ccc1Br)C(F)(F)F. The second-order valence-electron chi connectivity index (χ2n) is 2.45. The smallest absolute Gasteiger partial charge is 0.284 e. The van der Waals surface area contributed by atoms with Gasteiger partial charge in [-0.25, -0.2) is 0 Å². The summed E-state index contributed by atoms with van der Waals surface area (Å²) >= 11 is 4.74. The molecule has 0 unspecified atom stereocenters. The highest BCUT2D eigenvalue weighted by molar-refractivity contribution is 14.1. The molecule has 76 valence electrons. The van der Waals surface area contributed by atoms with E-state index in [4.69, 9.17) is 0 Å². The van der Waals surface area contributed by atoms with Gasteiger partial charge in [0.15, 0.2) is 0 Å². The van der Waals surface area contributed by atoms with Gasteiger partial charge in [0.05, 0.1) is 0 Å². The molecule has 0 aliphatic carbocycles. The highest BCUT2D eigenvalue weighted by Gasteiger charge is 2.40. The fraction of sp³-hybridized carbons (Fsp3) is 0.125. The summed E-state index contributed by atoms with van der Waals surface area (Å²) in [6.45, 7) is 0. The summed E-state index contributed by atoms with van der Waals surface area (Å²) in [5, 5.41) is 0. The van der Waals surface area contributed by atoms with Crippen molar-refractivity contribution in [3.8, 4) is 0 Å². The number of hydrogen-bond donors (Lipinski definition) is 0. The maximum Gasteiger partial charge on any atom is 0.454 e. The monoisotopic (exact) mass is 378 g/mol. The summed E-state index contributed by atoms with van der Waals surface area (Å²) in [6.07, 6.45) is -4.83. The fourth-order valence-corrected chi connectivity index (χ4v) is 1.74. The molecule has 0 bridgehead atoms. The first kappa shape index (κ1) is 12.0. The molecule has 1 aromatic rings. The van der Waals surface area contributed by atoms with Gasteiger partial charge in [0.2, 0.25) is 0 Å². The summed E-state index contributed by atoms with van der Waals surface area (Å²) in [5.74, 6) is -1.83. The third-order valence-electron chi connectivity index (χ3n) is 1.43. The zero-order chi connectivity index (χ0) is 10.9. The lowest BCUT2D eigenvalue weighted by molar-refractivity contribution is -0.0885. The molecule has 0 heterocycles. The van der Waals surface area contributed by atoms with Gasteiger partial charge >= 0.3 is 6.18 Å². The van der Waals surface area contributed by atoms with E-state index in [9.17, 15) is 18.0 Å². The Morgan fingerprint density at radius 2 is 1.93 bits per heavy atom. The molecule has 1 aromatic carbocycles. The van der Waals surface area contributed by atoms with Gasteiger partial charge in [0, 0.05) is 13.6 Å². The van der Waals surface area contributed by atoms with Crippen LogP contribution in [0.4, 0.5) is 13.2 Å². The first-order valence-corrected chi connectivity index (χ1v) is 5.26. The third-order valence-corrected chi connectivity index (χ3v) is 2.79. The summed E-state index contributed by atoms with van der Waals surface area (Å²) < 4.78 is 37.0. The molecule has 14 heavy (non-hydrogen) atoms. The van der Waals surface area contributed by atoms with Crippen molar-refractivity contribution in [2.75, 3.05) is 0 Å². The molecule has 1 nitrogen and oxygen atoms in total. The predicted molar refractivity (Wildman–Crippen MR) is 57.2 cm³/mol. The van der Waals surface area contributed by atoms with Crippen LogP contribution < -0.4 is 0 Å². The van der Waals surface area contributed by atoms with Crippen LogP contribution in [0.5, 0.6) is 0 Å². The standard InChI is InChI=1S/C8H3BrF3IO/c9-6-2-1-4(13)3-5(6)7(14)8(10,11)12/h1-3H. The molecule has 0 atom stereocenters. The third kappa shape index (κ3) is 2.69. The van der Waals surface area contributed by atoms with E-state index in [-0.39, 0.29) is 10.0 Å². The van der Waals surface area contributed by atoms with Crippen LogP contribution in [0.3, 0.4) is 0 Å². The lowest BCUT2D eigenvalue weighted by Crippen LogP contribution is -2.23. The van der Waals surface area contributed by atoms with Gasteiger partial charge in [-0.1, -0.05) is 15.9 Å². The van der Waals surface area contributed by atoms with E-state index in [0.29, 0.717) is 3.57 Å². The molecule has 0 aliphatic heterocycles. The van der Waals surface area contributed by atoms with Crippen LogP contribution >= 0.6 is 38.5 Å². The molecule has 0 spiro atoms. The predicted octanol–water partition coefficient (Wildman–Crippen LogP) is 3.80. The van der Waals surface area contributed by atoms with Gasteiger partial charge in [-0.15, -0.1) is 0 Å². The maximum absolute atomic E-state index is 12.1. The van der Waals surface area contributed by atoms with Crippen LogP contribution in [0.25, 0.3) is 0 Å². The molecule has 0 aromatic heterocycles. The van der Waals surface area contributed by atoms with Gasteiger partial charge in [-0.3, -0.25) is 4.79 Å². The average Bonchev–Trinajstić information content (AvgIpc) is 2.06. The Morgan fingerprint density at radius 1 is 1.36 bits per heavy atom. The largest absolute Gasteiger partial charge is 0.454 e. The van der Waals surface area contributed by atoms with Crippen LogP contribution in [0.2, 0.25) is 0 Å².